The van der Waals surface area contributed by atoms with Gasteiger partial charge in [-0.05, 0) is 12.8 Å². The van der Waals surface area contributed by atoms with E-state index in [0.717, 1.165) is 12.8 Å². The van der Waals surface area contributed by atoms with Crippen molar-refractivity contribution in [1.29, 1.82) is 0 Å². The molecule has 0 fully saturated rings. The topological polar surface area (TPSA) is 0 Å². The van der Waals surface area contributed by atoms with E-state index in [1.165, 1.54) is 93.2 Å². The zero-order valence-corrected chi connectivity index (χ0v) is 27.9. The molecule has 4 aromatic rings. The van der Waals surface area contributed by atoms with Crippen molar-refractivity contribution < 1.29 is 47.8 Å². The number of hydrogen-bond acceptors (Lipinski definition) is 0. The van der Waals surface area contributed by atoms with Gasteiger partial charge in [0, 0.05) is 0 Å². The van der Waals surface area contributed by atoms with Crippen molar-refractivity contribution in [2.24, 2.45) is 0 Å². The van der Waals surface area contributed by atoms with Gasteiger partial charge in [-0.25, -0.2) is 0 Å². The number of fused-ring (bicyclic) bond motifs is 6. The Morgan fingerprint density at radius 2 is 1.11 bits per heavy atom. The molecular weight excluding hydrogens is 674 g/mol. The Bertz CT molecular complexity index is 1110. The number of halogens is 2. The molecule has 4 heteroatoms. The van der Waals surface area contributed by atoms with E-state index >= 15 is 0 Å². The third-order valence-corrected chi connectivity index (χ3v) is 10.4. The van der Waals surface area contributed by atoms with Gasteiger partial charge in [-0.1, -0.05) is 70.8 Å². The summed E-state index contributed by atoms with van der Waals surface area (Å²) in [6, 6.07) is 37.8. The fraction of sp³-hybridized carbons (Fsp3) is 0.273. The average molecular weight is 708 g/mol. The van der Waals surface area contributed by atoms with E-state index in [2.05, 4.69) is 98.4 Å². The first kappa shape index (κ1) is 31.8. The molecular formula is C33H34Cl2HfSi-2. The minimum absolute atomic E-state index is 0. The van der Waals surface area contributed by atoms with Gasteiger partial charge in [-0.2, -0.15) is 59.7 Å². The molecule has 0 spiro atoms. The predicted molar refractivity (Wildman–Crippen MR) is 148 cm³/mol. The van der Waals surface area contributed by atoms with Gasteiger partial charge in [-0.3, -0.25) is 0 Å². The number of rotatable bonds is 5. The van der Waals surface area contributed by atoms with Crippen LogP contribution in [0.25, 0.3) is 22.3 Å². The summed E-state index contributed by atoms with van der Waals surface area (Å²) in [5.41, 5.74) is 11.2. The average Bonchev–Trinajstić information content (AvgIpc) is 3.46. The van der Waals surface area contributed by atoms with Crippen LogP contribution in [0.2, 0.25) is 12.6 Å². The minimum Gasteiger partial charge on any atom is -1.00 e. The Balaban J connectivity index is 0.000000195. The Hall–Kier alpha value is -1.45. The van der Waals surface area contributed by atoms with Crippen molar-refractivity contribution in [2.75, 3.05) is 0 Å². The summed E-state index contributed by atoms with van der Waals surface area (Å²) in [6.45, 7) is 4.74. The van der Waals surface area contributed by atoms with Crippen LogP contribution in [0.4, 0.5) is 0 Å². The smallest absolute Gasteiger partial charge is 0.0253 e. The molecule has 37 heavy (non-hydrogen) atoms. The summed E-state index contributed by atoms with van der Waals surface area (Å²) in [6.07, 6.45) is 7.94. The zero-order chi connectivity index (χ0) is 24.5. The zero-order valence-electron chi connectivity index (χ0n) is 21.8. The summed E-state index contributed by atoms with van der Waals surface area (Å²) < 4.78 is 0. The molecule has 0 aromatic heterocycles. The second-order valence-corrected chi connectivity index (χ2v) is 20.6. The maximum atomic E-state index is 3.30. The minimum atomic E-state index is 0. The van der Waals surface area contributed by atoms with E-state index in [1.54, 1.807) is 6.04 Å². The first-order chi connectivity index (χ1) is 17.2. The van der Waals surface area contributed by atoms with Crippen LogP contribution >= 0.6 is 0 Å². The monoisotopic (exact) mass is 708 g/mol. The van der Waals surface area contributed by atoms with Gasteiger partial charge in [0.15, 0.2) is 0 Å². The fourth-order valence-corrected chi connectivity index (χ4v) is 7.50. The molecule has 0 N–H and O–H groups in total. The number of benzene rings is 4. The molecule has 0 atom stereocenters. The van der Waals surface area contributed by atoms with E-state index in [-0.39, 0.29) is 30.3 Å². The van der Waals surface area contributed by atoms with Crippen LogP contribution in [0.1, 0.15) is 54.9 Å². The molecule has 0 aliphatic heterocycles. The van der Waals surface area contributed by atoms with E-state index in [1.807, 2.05) is 12.1 Å². The third kappa shape index (κ3) is 8.78. The van der Waals surface area contributed by atoms with Crippen LogP contribution in [0, 0.1) is 12.1 Å². The van der Waals surface area contributed by atoms with Gasteiger partial charge in [0.1, 0.15) is 0 Å². The second kappa shape index (κ2) is 16.5. The number of unbranched alkanes of at least 4 members (excludes halogenated alkanes) is 3. The molecule has 0 heterocycles. The van der Waals surface area contributed by atoms with Crippen molar-refractivity contribution in [3.8, 4) is 22.3 Å². The molecule has 2 aliphatic rings. The maximum absolute atomic E-state index is 3.30. The Morgan fingerprint density at radius 1 is 0.649 bits per heavy atom. The van der Waals surface area contributed by atoms with Crippen LogP contribution in [0.3, 0.4) is 0 Å². The van der Waals surface area contributed by atoms with Crippen molar-refractivity contribution in [3.63, 3.8) is 0 Å². The van der Waals surface area contributed by atoms with Crippen LogP contribution in [0.5, 0.6) is 0 Å². The van der Waals surface area contributed by atoms with Gasteiger partial charge in [0.05, 0.1) is 0 Å². The van der Waals surface area contributed by atoms with Crippen LogP contribution in [0.15, 0.2) is 84.9 Å². The van der Waals surface area contributed by atoms with E-state index in [4.69, 9.17) is 0 Å². The molecule has 190 valence electrons. The Labute approximate surface area is 251 Å². The summed E-state index contributed by atoms with van der Waals surface area (Å²) in [7, 11) is 0. The fourth-order valence-electron chi connectivity index (χ4n) is 4.81. The first-order valence-corrected chi connectivity index (χ1v) is 20.5. The molecule has 0 saturated heterocycles. The van der Waals surface area contributed by atoms with Gasteiger partial charge < -0.3 is 24.8 Å². The van der Waals surface area contributed by atoms with E-state index in [0.29, 0.717) is 0 Å². The molecule has 0 nitrogen and oxygen atoms in total. The summed E-state index contributed by atoms with van der Waals surface area (Å²) in [5, 5.41) is 0. The third-order valence-electron chi connectivity index (χ3n) is 6.64. The van der Waals surface area contributed by atoms with Crippen LogP contribution in [-0.2, 0) is 35.8 Å². The maximum Gasteiger partial charge on any atom is -0.0253 e. The largest absolute Gasteiger partial charge is 1.00 e. The molecule has 0 bridgehead atoms. The molecule has 0 amide bonds. The second-order valence-electron chi connectivity index (χ2n) is 9.38. The van der Waals surface area contributed by atoms with Crippen molar-refractivity contribution in [1.82, 2.24) is 0 Å². The quantitative estimate of drug-likeness (QED) is 0.147. The van der Waals surface area contributed by atoms with Crippen molar-refractivity contribution in [2.45, 2.75) is 58.0 Å². The normalized spacial score (nSPS) is 11.0. The van der Waals surface area contributed by atoms with E-state index in [9.17, 15) is 0 Å². The number of hydrogen-bond donors (Lipinski definition) is 0. The Morgan fingerprint density at radius 3 is 1.57 bits per heavy atom. The molecule has 6 rings (SSSR count). The van der Waals surface area contributed by atoms with Gasteiger partial charge in [0.2, 0.25) is 0 Å². The van der Waals surface area contributed by atoms with Gasteiger partial charge >= 0.3 is 73.7 Å². The summed E-state index contributed by atoms with van der Waals surface area (Å²) in [5.74, 6) is 0. The van der Waals surface area contributed by atoms with E-state index < -0.39 is 0 Å². The van der Waals surface area contributed by atoms with Gasteiger partial charge in [0.25, 0.3) is 0 Å². The van der Waals surface area contributed by atoms with Crippen molar-refractivity contribution in [3.05, 3.63) is 119 Å². The Kier molecular flexibility index (Phi) is 14.2. The summed E-state index contributed by atoms with van der Waals surface area (Å²) >= 11 is 1.49. The first-order valence-electron chi connectivity index (χ1n) is 12.9. The van der Waals surface area contributed by atoms with Crippen molar-refractivity contribution >= 4 is 5.49 Å². The molecule has 0 saturated carbocycles. The molecule has 0 radical (unpaired) electrons. The van der Waals surface area contributed by atoms with Crippen LogP contribution < -0.4 is 24.8 Å². The summed E-state index contributed by atoms with van der Waals surface area (Å²) in [4.78, 5) is 0. The molecule has 4 aromatic carbocycles. The predicted octanol–water partition coefficient (Wildman–Crippen LogP) is 2.86. The van der Waals surface area contributed by atoms with Crippen LogP contribution in [-0.4, -0.2) is 5.49 Å². The SMILES string of the molecule is CCCCCC[Si](C)=[Hf+2].[Cl-].[Cl-].[c-]1cccc2c1Cc1ccccc1-2.[c-]1cccc2c1Cc1ccccc1-2. The standard InChI is InChI=1S/2C13H9.C7H16Si.2ClH.Hf/c2*1-3-7-12-10(5-1)9-11-6-2-4-8-13(11)12;1-3-4-5-6-7-8-2;;;/h2*1-5,7-8H,9H2;3-7H2,1-2H3;2*1H;/q2*-1;;;;+2/p-2. The molecule has 2 aliphatic carbocycles. The van der Waals surface area contributed by atoms with Gasteiger partial charge in [-0.15, -0.1) is 11.1 Å². The molecule has 0 unspecified atom stereocenters.